The predicted molar refractivity (Wildman–Crippen MR) is 79.4 cm³/mol. The molecule has 1 atom stereocenters. The Morgan fingerprint density at radius 2 is 2.18 bits per heavy atom. The fraction of sp³-hybridized carbons (Fsp3) is 0.600. The van der Waals surface area contributed by atoms with Crippen molar-refractivity contribution in [3.63, 3.8) is 0 Å². The average molecular weight is 306 g/mol. The first kappa shape index (κ1) is 16.2. The molecule has 0 aromatic carbocycles. The minimum Gasteiger partial charge on any atom is -0.481 e. The molecular weight excluding hydrogens is 284 g/mol. The molecule has 1 N–H and O–H groups in total. The van der Waals surface area contributed by atoms with E-state index in [4.69, 9.17) is 9.52 Å². The molecule has 0 saturated heterocycles. The third kappa shape index (κ3) is 3.93. The molecule has 0 spiro atoms. The summed E-state index contributed by atoms with van der Waals surface area (Å²) >= 11 is 0. The normalized spacial score (nSPS) is 13.3. The Morgan fingerprint density at radius 3 is 2.73 bits per heavy atom. The van der Waals surface area contributed by atoms with Crippen LogP contribution in [0.3, 0.4) is 0 Å². The van der Waals surface area contributed by atoms with Gasteiger partial charge in [0.05, 0.1) is 17.8 Å². The van der Waals surface area contributed by atoms with Crippen LogP contribution in [0.2, 0.25) is 0 Å². The lowest BCUT2D eigenvalue weighted by molar-refractivity contribution is -0.141. The summed E-state index contributed by atoms with van der Waals surface area (Å²) < 4.78 is 7.32. The summed E-state index contributed by atoms with van der Waals surface area (Å²) in [5.41, 5.74) is 0.575. The number of aliphatic carboxylic acids is 1. The second-order valence-electron chi connectivity index (χ2n) is 6.42. The lowest BCUT2D eigenvalue weighted by atomic mass is 9.94. The van der Waals surface area contributed by atoms with Gasteiger partial charge >= 0.3 is 5.97 Å². The maximum atomic E-state index is 11.0. The van der Waals surface area contributed by atoms with Gasteiger partial charge in [-0.15, -0.1) is 5.10 Å². The predicted octanol–water partition coefficient (Wildman–Crippen LogP) is 2.27. The standard InChI is InChI=1S/C15H22N4O3/c1-5-10(14(20)21)6-11-8-19(18-17-11)9-13-16-7-12(22-13)15(2,3)4/h7-8,10H,5-6,9H2,1-4H3,(H,20,21). The van der Waals surface area contributed by atoms with E-state index in [0.717, 1.165) is 5.76 Å². The van der Waals surface area contributed by atoms with Crippen LogP contribution in [0, 0.1) is 5.92 Å². The summed E-state index contributed by atoms with van der Waals surface area (Å²) in [6.45, 7) is 8.40. The number of aromatic nitrogens is 4. The largest absolute Gasteiger partial charge is 0.481 e. The molecule has 120 valence electrons. The summed E-state index contributed by atoms with van der Waals surface area (Å²) in [4.78, 5) is 15.3. The highest BCUT2D eigenvalue weighted by molar-refractivity contribution is 5.70. The number of hydrogen-bond acceptors (Lipinski definition) is 5. The van der Waals surface area contributed by atoms with Crippen LogP contribution in [0.15, 0.2) is 16.8 Å². The van der Waals surface area contributed by atoms with Gasteiger partial charge in [0.25, 0.3) is 0 Å². The van der Waals surface area contributed by atoms with Gasteiger partial charge in [-0.1, -0.05) is 32.9 Å². The number of carboxylic acid groups (broad SMARTS) is 1. The molecule has 7 nitrogen and oxygen atoms in total. The molecule has 0 saturated carbocycles. The molecule has 0 aliphatic heterocycles. The van der Waals surface area contributed by atoms with Crippen molar-refractivity contribution >= 4 is 5.97 Å². The first-order chi connectivity index (χ1) is 10.3. The van der Waals surface area contributed by atoms with Gasteiger partial charge in [0.2, 0.25) is 5.89 Å². The number of nitrogens with zero attached hydrogens (tertiary/aromatic N) is 4. The van der Waals surface area contributed by atoms with Crippen molar-refractivity contribution in [3.8, 4) is 0 Å². The monoisotopic (exact) mass is 306 g/mol. The Kier molecular flexibility index (Phi) is 4.63. The van der Waals surface area contributed by atoms with Crippen molar-refractivity contribution < 1.29 is 14.3 Å². The third-order valence-electron chi connectivity index (χ3n) is 3.47. The zero-order valence-corrected chi connectivity index (χ0v) is 13.4. The van der Waals surface area contributed by atoms with Crippen LogP contribution in [-0.4, -0.2) is 31.1 Å². The Hall–Kier alpha value is -2.18. The Labute approximate surface area is 129 Å². The number of carbonyl (C=O) groups is 1. The van der Waals surface area contributed by atoms with Gasteiger partial charge in [0, 0.05) is 18.0 Å². The smallest absolute Gasteiger partial charge is 0.306 e. The fourth-order valence-corrected chi connectivity index (χ4v) is 2.04. The highest BCUT2D eigenvalue weighted by Gasteiger charge is 2.20. The van der Waals surface area contributed by atoms with Crippen molar-refractivity contribution in [1.29, 1.82) is 0 Å². The quantitative estimate of drug-likeness (QED) is 0.879. The van der Waals surface area contributed by atoms with Crippen LogP contribution < -0.4 is 0 Å². The van der Waals surface area contributed by atoms with E-state index >= 15 is 0 Å². The third-order valence-corrected chi connectivity index (χ3v) is 3.47. The number of oxazole rings is 1. The summed E-state index contributed by atoms with van der Waals surface area (Å²) in [5, 5.41) is 17.1. The fourth-order valence-electron chi connectivity index (χ4n) is 2.04. The molecule has 0 fully saturated rings. The van der Waals surface area contributed by atoms with Crippen molar-refractivity contribution in [2.75, 3.05) is 0 Å². The SMILES string of the molecule is CCC(Cc1cn(Cc2ncc(C(C)(C)C)o2)nn1)C(=O)O. The Bertz CT molecular complexity index is 639. The highest BCUT2D eigenvalue weighted by Crippen LogP contribution is 2.22. The average Bonchev–Trinajstić information content (AvgIpc) is 3.05. The van der Waals surface area contributed by atoms with Crippen molar-refractivity contribution in [1.82, 2.24) is 20.0 Å². The molecule has 7 heteroatoms. The van der Waals surface area contributed by atoms with Crippen LogP contribution >= 0.6 is 0 Å². The minimum absolute atomic E-state index is 0.0887. The van der Waals surface area contributed by atoms with Crippen LogP contribution in [0.4, 0.5) is 0 Å². The van der Waals surface area contributed by atoms with Crippen molar-refractivity contribution in [2.45, 2.75) is 52.5 Å². The molecule has 1 unspecified atom stereocenters. The first-order valence-corrected chi connectivity index (χ1v) is 7.36. The van der Waals surface area contributed by atoms with Gasteiger partial charge < -0.3 is 9.52 Å². The molecule has 2 heterocycles. The summed E-state index contributed by atoms with van der Waals surface area (Å²) in [5.74, 6) is 0.144. The van der Waals surface area contributed by atoms with Crippen molar-refractivity contribution in [3.05, 3.63) is 29.7 Å². The van der Waals surface area contributed by atoms with E-state index in [1.165, 1.54) is 0 Å². The van der Waals surface area contributed by atoms with E-state index < -0.39 is 11.9 Å². The van der Waals surface area contributed by atoms with Gasteiger partial charge in [-0.2, -0.15) is 0 Å². The van der Waals surface area contributed by atoms with E-state index in [2.05, 4.69) is 36.1 Å². The maximum Gasteiger partial charge on any atom is 0.306 e. The molecule has 0 aliphatic carbocycles. The van der Waals surface area contributed by atoms with Gasteiger partial charge in [-0.05, 0) is 6.42 Å². The molecule has 0 bridgehead atoms. The van der Waals surface area contributed by atoms with Crippen LogP contribution in [0.5, 0.6) is 0 Å². The second-order valence-corrected chi connectivity index (χ2v) is 6.42. The van der Waals surface area contributed by atoms with E-state index in [9.17, 15) is 4.79 Å². The van der Waals surface area contributed by atoms with E-state index in [1.807, 2.05) is 6.92 Å². The molecule has 0 aliphatic rings. The second kappa shape index (κ2) is 6.29. The number of hydrogen-bond donors (Lipinski definition) is 1. The van der Waals surface area contributed by atoms with Gasteiger partial charge in [0.1, 0.15) is 12.3 Å². The first-order valence-electron chi connectivity index (χ1n) is 7.36. The van der Waals surface area contributed by atoms with Crippen LogP contribution in [0.25, 0.3) is 0 Å². The molecule has 0 radical (unpaired) electrons. The minimum atomic E-state index is -0.806. The summed E-state index contributed by atoms with van der Waals surface area (Å²) in [6.07, 6.45) is 4.42. The summed E-state index contributed by atoms with van der Waals surface area (Å²) in [6, 6.07) is 0. The highest BCUT2D eigenvalue weighted by atomic mass is 16.4. The number of carboxylic acids is 1. The lowest BCUT2D eigenvalue weighted by Crippen LogP contribution is -2.15. The Balaban J connectivity index is 2.03. The molecule has 22 heavy (non-hydrogen) atoms. The van der Waals surface area contributed by atoms with E-state index in [1.54, 1.807) is 17.1 Å². The van der Waals surface area contributed by atoms with Gasteiger partial charge in [-0.3, -0.25) is 4.79 Å². The molecule has 2 aromatic heterocycles. The van der Waals surface area contributed by atoms with Crippen molar-refractivity contribution in [2.24, 2.45) is 5.92 Å². The van der Waals surface area contributed by atoms with Gasteiger partial charge in [0.15, 0.2) is 0 Å². The molecule has 0 amide bonds. The zero-order valence-electron chi connectivity index (χ0n) is 13.4. The topological polar surface area (TPSA) is 94.0 Å². The van der Waals surface area contributed by atoms with Crippen LogP contribution in [0.1, 0.15) is 51.5 Å². The van der Waals surface area contributed by atoms with E-state index in [0.29, 0.717) is 31.0 Å². The van der Waals surface area contributed by atoms with E-state index in [-0.39, 0.29) is 5.41 Å². The van der Waals surface area contributed by atoms with Gasteiger partial charge in [-0.25, -0.2) is 9.67 Å². The summed E-state index contributed by atoms with van der Waals surface area (Å²) in [7, 11) is 0. The maximum absolute atomic E-state index is 11.0. The van der Waals surface area contributed by atoms with Crippen LogP contribution in [-0.2, 0) is 23.2 Å². The zero-order chi connectivity index (χ0) is 16.3. The molecule has 2 rings (SSSR count). The molecule has 2 aromatic rings. The number of rotatable bonds is 6. The lowest BCUT2D eigenvalue weighted by Gasteiger charge is -2.13. The Morgan fingerprint density at radius 1 is 1.45 bits per heavy atom. The molecular formula is C15H22N4O3.